The lowest BCUT2D eigenvalue weighted by Gasteiger charge is -2.20. The molecule has 0 fully saturated rings. The Morgan fingerprint density at radius 3 is 1.19 bits per heavy atom. The maximum absolute atomic E-state index is 5.09. The van der Waals surface area contributed by atoms with Crippen LogP contribution in [0.15, 0.2) is 443 Å². The third kappa shape index (κ3) is 11.4. The molecule has 124 heavy (non-hydrogen) atoms. The normalized spacial score (nSPS) is 11.9. The van der Waals surface area contributed by atoms with Crippen molar-refractivity contribution < 1.29 is 0 Å². The number of hydrogen-bond donors (Lipinski definition) is 0. The van der Waals surface area contributed by atoms with Crippen molar-refractivity contribution in [2.45, 2.75) is 0 Å². The molecule has 5 heterocycles. The minimum Gasteiger partial charge on any atom is -0.309 e. The fraction of sp³-hybridized carbons (Fsp3) is 0. The summed E-state index contributed by atoms with van der Waals surface area (Å²) >= 11 is 0. The molecule has 26 rings (SSSR count). The van der Waals surface area contributed by atoms with Crippen LogP contribution in [0.3, 0.4) is 0 Å². The molecule has 0 saturated carbocycles. The molecule has 0 aliphatic rings. The van der Waals surface area contributed by atoms with Gasteiger partial charge in [0.15, 0.2) is 0 Å². The van der Waals surface area contributed by atoms with Gasteiger partial charge in [-0.05, 0) is 271 Å². The number of fused-ring (bicyclic) bond motifs is 18. The van der Waals surface area contributed by atoms with Crippen molar-refractivity contribution in [1.29, 1.82) is 0 Å². The highest BCUT2D eigenvalue weighted by Gasteiger charge is 2.26. The second kappa shape index (κ2) is 28.6. The fourth-order valence-corrected chi connectivity index (χ4v) is 20.5. The smallest absolute Gasteiger partial charge is 0.0817 e. The summed E-state index contributed by atoms with van der Waals surface area (Å²) < 4.78 is 4.83. The molecule has 26 aromatic rings. The van der Waals surface area contributed by atoms with Crippen LogP contribution in [0.1, 0.15) is 0 Å². The topological polar surface area (TPSA) is 48.5 Å². The van der Waals surface area contributed by atoms with Crippen LogP contribution >= 0.6 is 0 Å². The molecule has 5 aromatic heterocycles. The third-order valence-corrected chi connectivity index (χ3v) is 26.1. The largest absolute Gasteiger partial charge is 0.309 e. The standard InChI is InChI=1S/C64H39N3.C55H34N2/c1-3-14-42-34-47(25-23-40(42)12-1)61-53-21-9-10-22-54(53)62(48-26-24-41-13-2-4-15-43(41)35-48)56-36-44(27-29-55(56)61)45-28-30-58-57(37-45)63-59(31-33-66-64(63)49-17-11-32-65-39-49)67(58)60-38-46-16-5-6-18-50(46)51-19-7-8-20-52(51)60;1-2-14-38-31-41(26-23-35(38)11-1)57-52-28-25-40(32-49(52)51-34-56-30-29-53(51)57)39-24-27-48-50(33-39)55(45-22-10-16-37-13-4-6-18-43(37)45)47-20-8-7-19-46(47)54(48)44-21-9-15-36-12-3-5-17-42(36)44/h1-39H;1-34H. The Bertz CT molecular complexity index is 8950. The molecule has 0 bridgehead atoms. The molecule has 0 atom stereocenters. The van der Waals surface area contributed by atoms with Crippen molar-refractivity contribution in [1.82, 2.24) is 24.1 Å². The summed E-state index contributed by atoms with van der Waals surface area (Å²) in [6, 6.07) is 152. The number of aromatic nitrogens is 5. The quantitative estimate of drug-likeness (QED) is 0.107. The predicted octanol–water partition coefficient (Wildman–Crippen LogP) is 32.1. The zero-order chi connectivity index (χ0) is 81.5. The summed E-state index contributed by atoms with van der Waals surface area (Å²) in [7, 11) is 0. The summed E-state index contributed by atoms with van der Waals surface area (Å²) in [6.07, 6.45) is 9.61. The zero-order valence-corrected chi connectivity index (χ0v) is 67.4. The van der Waals surface area contributed by atoms with Crippen molar-refractivity contribution in [3.05, 3.63) is 443 Å². The van der Waals surface area contributed by atoms with E-state index in [0.717, 1.165) is 66.5 Å². The molecule has 0 radical (unpaired) electrons. The molecule has 0 spiro atoms. The van der Waals surface area contributed by atoms with E-state index in [1.807, 2.05) is 37.1 Å². The second-order valence-corrected chi connectivity index (χ2v) is 32.8. The van der Waals surface area contributed by atoms with Crippen molar-refractivity contribution in [2.24, 2.45) is 0 Å². The third-order valence-electron chi connectivity index (χ3n) is 26.1. The number of rotatable bonds is 9. The molecule has 0 amide bonds. The molecule has 0 saturated heterocycles. The number of nitrogens with zero attached hydrogens (tertiary/aromatic N) is 5. The van der Waals surface area contributed by atoms with Gasteiger partial charge < -0.3 is 9.13 Å². The molecule has 0 aliphatic heterocycles. The molecule has 0 unspecified atom stereocenters. The van der Waals surface area contributed by atoms with Gasteiger partial charge in [0.05, 0.1) is 33.4 Å². The first kappa shape index (κ1) is 70.5. The van der Waals surface area contributed by atoms with Gasteiger partial charge in [-0.2, -0.15) is 0 Å². The van der Waals surface area contributed by atoms with Crippen molar-refractivity contribution in [3.8, 4) is 89.4 Å². The second-order valence-electron chi connectivity index (χ2n) is 32.8. The Balaban J connectivity index is 0.000000138. The van der Waals surface area contributed by atoms with Gasteiger partial charge in [-0.15, -0.1) is 0 Å². The van der Waals surface area contributed by atoms with Gasteiger partial charge in [-0.1, -0.05) is 322 Å². The Labute approximate surface area is 714 Å². The van der Waals surface area contributed by atoms with Crippen molar-refractivity contribution in [2.75, 3.05) is 0 Å². The predicted molar refractivity (Wildman–Crippen MR) is 526 cm³/mol. The first-order valence-electron chi connectivity index (χ1n) is 42.6. The van der Waals surface area contributed by atoms with E-state index in [9.17, 15) is 0 Å². The van der Waals surface area contributed by atoms with E-state index in [1.165, 1.54) is 185 Å². The van der Waals surface area contributed by atoms with Crippen LogP contribution < -0.4 is 0 Å². The molecule has 0 N–H and O–H groups in total. The summed E-state index contributed by atoms with van der Waals surface area (Å²) in [5.74, 6) is 0. The van der Waals surface area contributed by atoms with Crippen LogP contribution in [0, 0.1) is 0 Å². The van der Waals surface area contributed by atoms with Gasteiger partial charge >= 0.3 is 0 Å². The van der Waals surface area contributed by atoms with E-state index >= 15 is 0 Å². The SMILES string of the molecule is c1ccc2cc(-n3c4ccncc4c4cc(-c5ccc6c(-c7cccc8ccccc78)c7ccccc7c(-c7cccc8ccccc78)c6c5)ccc43)ccc2c1.c1cncc(-c2nccc3c2c2cc(-c4ccc5c(-c6ccc7ccccc7c6)c6ccccc6c(-c6ccc7ccccc7c6)c5c4)ccc2n3-c2cc3ccccc3c3ccccc23)c1. The first-order chi connectivity index (χ1) is 61.5. The molecular weight excluding hydrogens is 1500 g/mol. The van der Waals surface area contributed by atoms with E-state index in [0.29, 0.717) is 0 Å². The lowest BCUT2D eigenvalue weighted by Crippen LogP contribution is -1.96. The van der Waals surface area contributed by atoms with E-state index in [2.05, 4.69) is 426 Å². The van der Waals surface area contributed by atoms with Crippen LogP contribution in [-0.2, 0) is 0 Å². The van der Waals surface area contributed by atoms with E-state index in [1.54, 1.807) is 0 Å². The Morgan fingerprint density at radius 1 is 0.177 bits per heavy atom. The Morgan fingerprint density at radius 2 is 0.589 bits per heavy atom. The van der Waals surface area contributed by atoms with Crippen LogP contribution in [-0.4, -0.2) is 24.1 Å². The van der Waals surface area contributed by atoms with Crippen LogP contribution in [0.2, 0.25) is 0 Å². The van der Waals surface area contributed by atoms with Crippen LogP contribution in [0.4, 0.5) is 0 Å². The average Bonchev–Trinajstić information content (AvgIpc) is 1.24. The minimum atomic E-state index is 0.917. The lowest BCUT2D eigenvalue weighted by molar-refractivity contribution is 1.18. The molecule has 5 heteroatoms. The minimum absolute atomic E-state index is 0.917. The Kier molecular flexibility index (Phi) is 16.3. The Hall–Kier alpha value is -16.5. The fourth-order valence-electron chi connectivity index (χ4n) is 20.5. The van der Waals surface area contributed by atoms with Crippen LogP contribution in [0.5, 0.6) is 0 Å². The number of pyridine rings is 3. The van der Waals surface area contributed by atoms with E-state index in [4.69, 9.17) is 4.98 Å². The molecule has 21 aromatic carbocycles. The van der Waals surface area contributed by atoms with Crippen molar-refractivity contribution in [3.63, 3.8) is 0 Å². The van der Waals surface area contributed by atoms with Gasteiger partial charge in [0.2, 0.25) is 0 Å². The maximum atomic E-state index is 5.09. The highest BCUT2D eigenvalue weighted by molar-refractivity contribution is 6.28. The highest BCUT2D eigenvalue weighted by atomic mass is 15.0. The average molecular weight is 1570 g/mol. The van der Waals surface area contributed by atoms with E-state index < -0.39 is 0 Å². The van der Waals surface area contributed by atoms with Gasteiger partial charge in [-0.25, -0.2) is 0 Å². The number of hydrogen-bond acceptors (Lipinski definition) is 3. The summed E-state index contributed by atoms with van der Waals surface area (Å²) in [4.78, 5) is 14.2. The highest BCUT2D eigenvalue weighted by Crippen LogP contribution is 2.51. The summed E-state index contributed by atoms with van der Waals surface area (Å²) in [5, 5.41) is 31.8. The van der Waals surface area contributed by atoms with E-state index in [-0.39, 0.29) is 0 Å². The van der Waals surface area contributed by atoms with Crippen molar-refractivity contribution >= 4 is 162 Å². The van der Waals surface area contributed by atoms with Crippen LogP contribution in [0.25, 0.3) is 252 Å². The molecule has 5 nitrogen and oxygen atoms in total. The maximum Gasteiger partial charge on any atom is 0.0817 e. The molecule has 0 aliphatic carbocycles. The summed E-state index contributed by atoms with van der Waals surface area (Å²) in [6.45, 7) is 0. The lowest BCUT2D eigenvalue weighted by atomic mass is 9.83. The zero-order valence-electron chi connectivity index (χ0n) is 67.4. The van der Waals surface area contributed by atoms with Gasteiger partial charge in [-0.3, -0.25) is 15.0 Å². The monoisotopic (exact) mass is 1570 g/mol. The number of benzene rings is 21. The van der Waals surface area contributed by atoms with Gasteiger partial charge in [0.25, 0.3) is 0 Å². The molecular formula is C119H73N5. The molecule has 574 valence electrons. The van der Waals surface area contributed by atoms with Gasteiger partial charge in [0.1, 0.15) is 0 Å². The van der Waals surface area contributed by atoms with Gasteiger partial charge in [0, 0.05) is 69.2 Å². The first-order valence-corrected chi connectivity index (χ1v) is 42.6. The summed E-state index contributed by atoms with van der Waals surface area (Å²) in [5.41, 5.74) is 23.3.